The fraction of sp³-hybridized carbons (Fsp3) is 0.471. The number of fused-ring (bicyclic) bond motifs is 1. The highest BCUT2D eigenvalue weighted by atomic mass is 35.5. The van der Waals surface area contributed by atoms with Gasteiger partial charge in [0.15, 0.2) is 5.78 Å². The number of pyridine rings is 1. The van der Waals surface area contributed by atoms with Crippen LogP contribution in [0.4, 0.5) is 10.1 Å². The van der Waals surface area contributed by atoms with Crippen molar-refractivity contribution in [1.82, 2.24) is 20.6 Å². The number of amides is 2. The highest BCUT2D eigenvalue weighted by Gasteiger charge is 2.46. The molecular weight excluding hydrogens is 865 g/mol. The number of aromatic nitrogens is 2. The number of carbonyl (C=O) groups excluding carboxylic acids is 3. The Bertz CT molecular complexity index is 2430. The zero-order valence-corrected chi connectivity index (χ0v) is 39.4. The number of aliphatic hydroxyl groups excluding tert-OH is 1. The second-order valence-electron chi connectivity index (χ2n) is 18.7. The maximum atomic E-state index is 14.1. The quantitative estimate of drug-likeness (QED) is 0.0630. The average Bonchev–Trinajstić information content (AvgIpc) is 3.91. The molecule has 7 rings (SSSR count). The fourth-order valence-electron chi connectivity index (χ4n) is 9.51. The van der Waals surface area contributed by atoms with E-state index in [4.69, 9.17) is 21.1 Å². The molecule has 0 aliphatic heterocycles. The molecule has 2 amide bonds. The second-order valence-corrected chi connectivity index (χ2v) is 20.0. The Hall–Kier alpha value is -4.79. The Morgan fingerprint density at radius 3 is 2.42 bits per heavy atom. The van der Waals surface area contributed by atoms with Crippen LogP contribution in [-0.4, -0.2) is 71.2 Å². The van der Waals surface area contributed by atoms with Gasteiger partial charge >= 0.3 is 0 Å². The van der Waals surface area contributed by atoms with Crippen molar-refractivity contribution in [3.05, 3.63) is 106 Å². The van der Waals surface area contributed by atoms with Crippen molar-refractivity contribution < 1.29 is 33.4 Å². The topological polar surface area (TPSA) is 152 Å². The molecule has 2 aliphatic rings. The third-order valence-electron chi connectivity index (χ3n) is 13.2. The highest BCUT2D eigenvalue weighted by molar-refractivity contribution is 7.13. The van der Waals surface area contributed by atoms with E-state index < -0.39 is 29.4 Å². The number of ether oxygens (including phenoxy) is 2. The van der Waals surface area contributed by atoms with E-state index in [2.05, 4.69) is 25.9 Å². The average molecular weight is 927 g/mol. The molecule has 2 aliphatic carbocycles. The normalized spacial score (nSPS) is 20.9. The summed E-state index contributed by atoms with van der Waals surface area (Å²) in [5, 5.41) is 21.4. The van der Waals surface area contributed by atoms with Gasteiger partial charge in [0.2, 0.25) is 11.8 Å². The van der Waals surface area contributed by atoms with Gasteiger partial charge in [-0.2, -0.15) is 0 Å². The number of benzene rings is 3. The number of Topliss-reactive ketones (excluding diaryl/α,β-unsaturated/α-hetero) is 1. The first-order valence-corrected chi connectivity index (χ1v) is 24.0. The highest BCUT2D eigenvalue weighted by Crippen LogP contribution is 2.42. The van der Waals surface area contributed by atoms with E-state index in [1.165, 1.54) is 6.07 Å². The van der Waals surface area contributed by atoms with Crippen LogP contribution in [0.5, 0.6) is 5.75 Å². The number of aliphatic hydroxyl groups is 1. The molecule has 2 fully saturated rings. The van der Waals surface area contributed by atoms with E-state index in [0.29, 0.717) is 42.1 Å². The van der Waals surface area contributed by atoms with Gasteiger partial charge in [-0.1, -0.05) is 63.6 Å². The third-order valence-corrected chi connectivity index (χ3v) is 14.5. The van der Waals surface area contributed by atoms with Gasteiger partial charge in [0.25, 0.3) is 0 Å². The van der Waals surface area contributed by atoms with E-state index in [1.54, 1.807) is 47.9 Å². The Balaban J connectivity index is 0.831. The summed E-state index contributed by atoms with van der Waals surface area (Å²) in [6.45, 7) is 11.4. The first-order valence-electron chi connectivity index (χ1n) is 22.7. The van der Waals surface area contributed by atoms with Crippen LogP contribution in [-0.2, 0) is 25.7 Å². The number of nitrogens with one attached hydrogen (secondary N) is 3. The summed E-state index contributed by atoms with van der Waals surface area (Å²) < 4.78 is 25.9. The van der Waals surface area contributed by atoms with Crippen LogP contribution >= 0.6 is 22.9 Å². The number of rotatable bonds is 18. The number of nitrogens with zero attached hydrogens (tertiary/aromatic N) is 2. The first kappa shape index (κ1) is 48.2. The Morgan fingerprint density at radius 2 is 1.69 bits per heavy atom. The van der Waals surface area contributed by atoms with Crippen molar-refractivity contribution >= 4 is 57.1 Å². The lowest BCUT2D eigenvalue weighted by Gasteiger charge is -2.33. The fourth-order valence-corrected chi connectivity index (χ4v) is 10.5. The van der Waals surface area contributed by atoms with Crippen molar-refractivity contribution in [2.45, 2.75) is 97.8 Å². The lowest BCUT2D eigenvalue weighted by atomic mass is 9.73. The molecule has 0 bridgehead atoms. The van der Waals surface area contributed by atoms with Crippen molar-refractivity contribution in [1.29, 1.82) is 0 Å². The summed E-state index contributed by atoms with van der Waals surface area (Å²) in [5.41, 5.74) is 6.88. The lowest BCUT2D eigenvalue weighted by Crippen LogP contribution is -2.51. The monoisotopic (exact) mass is 925 g/mol. The minimum atomic E-state index is -0.731. The molecule has 2 aromatic heterocycles. The van der Waals surface area contributed by atoms with Crippen molar-refractivity contribution in [3.63, 3.8) is 0 Å². The van der Waals surface area contributed by atoms with E-state index >= 15 is 0 Å². The van der Waals surface area contributed by atoms with Crippen LogP contribution in [0.3, 0.4) is 0 Å². The standard InChI is InChI=1S/C51H61ClFN5O6S/c1-30(33-10-12-34(13-11-33)39-18-19-54-44-17-14-36(53)24-40(39)44)49(61)58-37-15-16-43(52)45(25-37)64-23-22-63-21-20-55-48(51(3,4)5)46(60)41-26-38(59)27-42(41)50(62)56-28-32-6-8-35(9-7-32)47-31(2)57-29-65-47/h6-9,14-19,24-25,29-30,33-34,38,41-42,48,55,59H,10-13,20-23,26-28H2,1-5H3,(H,56,62)(H,58,61)/t30-,33?,34?,38+,41?,42?,48-/m1/s1. The number of halogens is 2. The van der Waals surface area contributed by atoms with Gasteiger partial charge in [-0.3, -0.25) is 19.4 Å². The first-order chi connectivity index (χ1) is 31.2. The molecule has 3 aromatic carbocycles. The molecule has 2 heterocycles. The molecule has 5 aromatic rings. The predicted molar refractivity (Wildman–Crippen MR) is 255 cm³/mol. The van der Waals surface area contributed by atoms with Crippen LogP contribution in [0.1, 0.15) is 89.0 Å². The molecule has 14 heteroatoms. The molecule has 0 radical (unpaired) electrons. The number of carbonyl (C=O) groups is 3. The number of hydrogen-bond donors (Lipinski definition) is 4. The molecular formula is C51H61ClFN5O6S. The van der Waals surface area contributed by atoms with Gasteiger partial charge in [-0.15, -0.1) is 11.3 Å². The molecule has 65 heavy (non-hydrogen) atoms. The van der Waals surface area contributed by atoms with E-state index in [-0.39, 0.29) is 61.3 Å². The second kappa shape index (κ2) is 21.7. The molecule has 0 spiro atoms. The van der Waals surface area contributed by atoms with Crippen molar-refractivity contribution in [2.24, 2.45) is 29.1 Å². The maximum absolute atomic E-state index is 14.1. The van der Waals surface area contributed by atoms with Gasteiger partial charge in [0.1, 0.15) is 18.2 Å². The van der Waals surface area contributed by atoms with Crippen LogP contribution in [0, 0.1) is 41.8 Å². The summed E-state index contributed by atoms with van der Waals surface area (Å²) in [4.78, 5) is 50.9. The maximum Gasteiger partial charge on any atom is 0.227 e. The van der Waals surface area contributed by atoms with Crippen molar-refractivity contribution in [3.8, 4) is 16.2 Å². The Labute approximate surface area is 390 Å². The molecule has 5 atom stereocenters. The summed E-state index contributed by atoms with van der Waals surface area (Å²) in [7, 11) is 0. The number of anilines is 1. The van der Waals surface area contributed by atoms with Crippen molar-refractivity contribution in [2.75, 3.05) is 31.7 Å². The molecule has 11 nitrogen and oxygen atoms in total. The predicted octanol–water partition coefficient (Wildman–Crippen LogP) is 9.68. The SMILES string of the molecule is Cc1ncsc1-c1ccc(CNC(=O)C2C[C@@H](O)CC2C(=O)[C@@H](NCCOCCOc2cc(NC(=O)[C@H](C)C3CCC(c4ccnc5ccc(F)cc45)CC3)ccc2Cl)C(C)(C)C)cc1. The van der Waals surface area contributed by atoms with E-state index in [0.717, 1.165) is 63.8 Å². The van der Waals surface area contributed by atoms with E-state index in [1.807, 2.05) is 70.5 Å². The lowest BCUT2D eigenvalue weighted by molar-refractivity contribution is -0.135. The molecule has 0 saturated heterocycles. The summed E-state index contributed by atoms with van der Waals surface area (Å²) >= 11 is 8.06. The number of ketones is 1. The Morgan fingerprint density at radius 1 is 0.938 bits per heavy atom. The summed E-state index contributed by atoms with van der Waals surface area (Å²) in [5.74, 6) is -1.15. The van der Waals surface area contributed by atoms with Gasteiger partial charge in [0, 0.05) is 48.3 Å². The molecule has 2 saturated carbocycles. The van der Waals surface area contributed by atoms with Crippen LogP contribution in [0.25, 0.3) is 21.3 Å². The summed E-state index contributed by atoms with van der Waals surface area (Å²) in [6.07, 6.45) is 5.17. The van der Waals surface area contributed by atoms with Crippen LogP contribution in [0.15, 0.2) is 78.4 Å². The van der Waals surface area contributed by atoms with E-state index in [9.17, 15) is 23.9 Å². The minimum Gasteiger partial charge on any atom is -0.490 e. The zero-order valence-electron chi connectivity index (χ0n) is 37.9. The number of aryl methyl sites for hydroxylation is 1. The van der Waals surface area contributed by atoms with Crippen LogP contribution < -0.4 is 20.7 Å². The molecule has 4 N–H and O–H groups in total. The Kier molecular flexibility index (Phi) is 16.1. The molecule has 2 unspecified atom stereocenters. The number of thiazole rings is 1. The smallest absolute Gasteiger partial charge is 0.227 e. The zero-order chi connectivity index (χ0) is 46.3. The minimum absolute atomic E-state index is 0.0656. The van der Waals surface area contributed by atoms with Gasteiger partial charge in [-0.05, 0) is 116 Å². The van der Waals surface area contributed by atoms with Gasteiger partial charge in [-0.25, -0.2) is 9.37 Å². The van der Waals surface area contributed by atoms with Crippen LogP contribution in [0.2, 0.25) is 5.02 Å². The van der Waals surface area contributed by atoms with Gasteiger partial charge in [0.05, 0.1) is 57.9 Å². The summed E-state index contributed by atoms with van der Waals surface area (Å²) in [6, 6.07) is 19.3. The largest absolute Gasteiger partial charge is 0.490 e. The molecule has 346 valence electrons. The third kappa shape index (κ3) is 12.2. The number of hydrogen-bond acceptors (Lipinski definition) is 10. The van der Waals surface area contributed by atoms with Gasteiger partial charge < -0.3 is 30.5 Å².